The summed E-state index contributed by atoms with van der Waals surface area (Å²) in [6.07, 6.45) is 1.88. The van der Waals surface area contributed by atoms with Crippen molar-refractivity contribution >= 4 is 5.97 Å². The zero-order valence-electron chi connectivity index (χ0n) is 11.3. The molecule has 0 bridgehead atoms. The highest BCUT2D eigenvalue weighted by Gasteiger charge is 2.14. The Hall–Kier alpha value is -2.30. The predicted octanol–water partition coefficient (Wildman–Crippen LogP) is 4.28. The lowest BCUT2D eigenvalue weighted by Crippen LogP contribution is -2.09. The van der Waals surface area contributed by atoms with Crippen molar-refractivity contribution in [3.63, 3.8) is 0 Å². The highest BCUT2D eigenvalue weighted by Crippen LogP contribution is 2.20. The van der Waals surface area contributed by atoms with Crippen LogP contribution in [0.2, 0.25) is 0 Å². The van der Waals surface area contributed by atoms with E-state index in [1.165, 1.54) is 0 Å². The fraction of sp³-hybridized carbons (Fsp3) is 0.188. The number of esters is 1. The molecule has 2 aromatic rings. The second kappa shape index (κ2) is 6.43. The maximum absolute atomic E-state index is 13.0. The molecule has 2 nitrogen and oxygen atoms in total. The van der Waals surface area contributed by atoms with E-state index in [1.807, 2.05) is 6.92 Å². The number of halogens is 3. The smallest absolute Gasteiger partial charge is 0.343 e. The lowest BCUT2D eigenvalue weighted by atomic mass is 10.1. The van der Waals surface area contributed by atoms with Gasteiger partial charge in [0.15, 0.2) is 17.5 Å². The third-order valence-electron chi connectivity index (χ3n) is 2.90. The summed E-state index contributed by atoms with van der Waals surface area (Å²) in [5.74, 6) is -5.55. The van der Waals surface area contributed by atoms with Gasteiger partial charge in [-0.1, -0.05) is 25.5 Å². The van der Waals surface area contributed by atoms with Crippen molar-refractivity contribution in [3.05, 3.63) is 65.0 Å². The first-order chi connectivity index (χ1) is 10.0. The average Bonchev–Trinajstić information content (AvgIpc) is 2.45. The molecule has 0 amide bonds. The van der Waals surface area contributed by atoms with Gasteiger partial charge in [0.05, 0.1) is 5.56 Å². The third-order valence-corrected chi connectivity index (χ3v) is 2.90. The SMILES string of the molecule is CCCc1ccc(C(=O)Oc2cc(F)c(F)c(F)c2)cc1. The third kappa shape index (κ3) is 3.62. The molecule has 0 fully saturated rings. The first kappa shape index (κ1) is 15.1. The Kier molecular flexibility index (Phi) is 4.62. The highest BCUT2D eigenvalue weighted by molar-refractivity contribution is 5.91. The van der Waals surface area contributed by atoms with Crippen molar-refractivity contribution in [2.45, 2.75) is 19.8 Å². The van der Waals surface area contributed by atoms with Gasteiger partial charge >= 0.3 is 5.97 Å². The minimum atomic E-state index is -1.60. The van der Waals surface area contributed by atoms with E-state index in [4.69, 9.17) is 4.74 Å². The molecule has 110 valence electrons. The average molecular weight is 294 g/mol. The molecular formula is C16H13F3O2. The largest absolute Gasteiger partial charge is 0.423 e. The first-order valence-corrected chi connectivity index (χ1v) is 6.47. The molecule has 0 N–H and O–H groups in total. The number of rotatable bonds is 4. The number of carbonyl (C=O) groups excluding carboxylic acids is 1. The lowest BCUT2D eigenvalue weighted by molar-refractivity contribution is 0.0733. The van der Waals surface area contributed by atoms with Gasteiger partial charge in [0.2, 0.25) is 0 Å². The summed E-state index contributed by atoms with van der Waals surface area (Å²) in [5, 5.41) is 0. The monoisotopic (exact) mass is 294 g/mol. The number of hydrogen-bond donors (Lipinski definition) is 0. The van der Waals surface area contributed by atoms with Crippen molar-refractivity contribution in [1.82, 2.24) is 0 Å². The van der Waals surface area contributed by atoms with Gasteiger partial charge in [-0.25, -0.2) is 18.0 Å². The molecule has 2 aromatic carbocycles. The van der Waals surface area contributed by atoms with Crippen LogP contribution in [0.5, 0.6) is 5.75 Å². The molecule has 0 saturated carbocycles. The van der Waals surface area contributed by atoms with Crippen LogP contribution in [0.25, 0.3) is 0 Å². The van der Waals surface area contributed by atoms with E-state index < -0.39 is 23.4 Å². The fourth-order valence-electron chi connectivity index (χ4n) is 1.85. The molecule has 0 aliphatic rings. The van der Waals surface area contributed by atoms with Crippen molar-refractivity contribution in [3.8, 4) is 5.75 Å². The van der Waals surface area contributed by atoms with Gasteiger partial charge in [-0.3, -0.25) is 0 Å². The van der Waals surface area contributed by atoms with E-state index in [2.05, 4.69) is 0 Å². The molecule has 0 aromatic heterocycles. The quantitative estimate of drug-likeness (QED) is 0.478. The minimum Gasteiger partial charge on any atom is -0.423 e. The summed E-state index contributed by atoms with van der Waals surface area (Å²) in [7, 11) is 0. The summed E-state index contributed by atoms with van der Waals surface area (Å²) in [5.41, 5.74) is 1.33. The van der Waals surface area contributed by atoms with Crippen LogP contribution in [-0.2, 0) is 6.42 Å². The number of benzene rings is 2. The van der Waals surface area contributed by atoms with E-state index in [0.29, 0.717) is 12.1 Å². The highest BCUT2D eigenvalue weighted by atomic mass is 19.2. The van der Waals surface area contributed by atoms with Gasteiger partial charge in [0.1, 0.15) is 5.75 Å². The summed E-state index contributed by atoms with van der Waals surface area (Å²) < 4.78 is 43.7. The maximum atomic E-state index is 13.0. The molecule has 0 spiro atoms. The molecule has 0 saturated heterocycles. The van der Waals surface area contributed by atoms with E-state index in [0.717, 1.165) is 18.4 Å². The second-order valence-electron chi connectivity index (χ2n) is 4.54. The fourth-order valence-corrected chi connectivity index (χ4v) is 1.85. The van der Waals surface area contributed by atoms with Crippen LogP contribution in [-0.4, -0.2) is 5.97 Å². The molecule has 2 rings (SSSR count). The summed E-state index contributed by atoms with van der Waals surface area (Å²) in [6.45, 7) is 2.04. The van der Waals surface area contributed by atoms with Crippen molar-refractivity contribution in [2.75, 3.05) is 0 Å². The topological polar surface area (TPSA) is 26.3 Å². The molecule has 0 radical (unpaired) electrons. The van der Waals surface area contributed by atoms with Crippen LogP contribution in [0.15, 0.2) is 36.4 Å². The summed E-state index contributed by atoms with van der Waals surface area (Å²) in [6, 6.07) is 7.97. The van der Waals surface area contributed by atoms with E-state index in [9.17, 15) is 18.0 Å². The molecule has 21 heavy (non-hydrogen) atoms. The molecule has 0 unspecified atom stereocenters. The minimum absolute atomic E-state index is 0.250. The Morgan fingerprint density at radius 2 is 1.62 bits per heavy atom. The number of hydrogen-bond acceptors (Lipinski definition) is 2. The normalized spacial score (nSPS) is 10.5. The molecule has 0 heterocycles. The Balaban J connectivity index is 2.14. The molecular weight excluding hydrogens is 281 g/mol. The van der Waals surface area contributed by atoms with Gasteiger partial charge in [-0.05, 0) is 24.1 Å². The van der Waals surface area contributed by atoms with Crippen molar-refractivity contribution in [2.24, 2.45) is 0 Å². The molecule has 0 aliphatic carbocycles. The molecule has 5 heteroatoms. The van der Waals surface area contributed by atoms with Crippen LogP contribution < -0.4 is 4.74 Å². The Morgan fingerprint density at radius 1 is 1.05 bits per heavy atom. The second-order valence-corrected chi connectivity index (χ2v) is 4.54. The van der Waals surface area contributed by atoms with Gasteiger partial charge in [-0.15, -0.1) is 0 Å². The lowest BCUT2D eigenvalue weighted by Gasteiger charge is -2.06. The molecule has 0 aliphatic heterocycles. The zero-order chi connectivity index (χ0) is 15.4. The maximum Gasteiger partial charge on any atom is 0.343 e. The summed E-state index contributed by atoms with van der Waals surface area (Å²) in [4.78, 5) is 11.8. The standard InChI is InChI=1S/C16H13F3O2/c1-2-3-10-4-6-11(7-5-10)16(20)21-12-8-13(17)15(19)14(18)9-12/h4-9H,2-3H2,1H3. The van der Waals surface area contributed by atoms with Gasteiger partial charge in [0, 0.05) is 12.1 Å². The van der Waals surface area contributed by atoms with Gasteiger partial charge in [0.25, 0.3) is 0 Å². The Bertz CT molecular complexity index is 628. The van der Waals surface area contributed by atoms with Crippen molar-refractivity contribution in [1.29, 1.82) is 0 Å². The van der Waals surface area contributed by atoms with Crippen LogP contribution in [0.4, 0.5) is 13.2 Å². The first-order valence-electron chi connectivity index (χ1n) is 6.47. The van der Waals surface area contributed by atoms with Crippen LogP contribution >= 0.6 is 0 Å². The van der Waals surface area contributed by atoms with Gasteiger partial charge in [-0.2, -0.15) is 0 Å². The van der Waals surface area contributed by atoms with E-state index in [-0.39, 0.29) is 11.3 Å². The van der Waals surface area contributed by atoms with Crippen LogP contribution in [0.3, 0.4) is 0 Å². The number of aryl methyl sites for hydroxylation is 1. The number of carbonyl (C=O) groups is 1. The van der Waals surface area contributed by atoms with Crippen LogP contribution in [0.1, 0.15) is 29.3 Å². The van der Waals surface area contributed by atoms with Crippen molar-refractivity contribution < 1.29 is 22.7 Å². The zero-order valence-corrected chi connectivity index (χ0v) is 11.3. The summed E-state index contributed by atoms with van der Waals surface area (Å²) >= 11 is 0. The predicted molar refractivity (Wildman–Crippen MR) is 71.7 cm³/mol. The van der Waals surface area contributed by atoms with Gasteiger partial charge < -0.3 is 4.74 Å². The van der Waals surface area contributed by atoms with Crippen LogP contribution in [0, 0.1) is 17.5 Å². The Morgan fingerprint density at radius 3 is 2.14 bits per heavy atom. The van der Waals surface area contributed by atoms with E-state index in [1.54, 1.807) is 24.3 Å². The Labute approximate surface area is 120 Å². The van der Waals surface area contributed by atoms with E-state index >= 15 is 0 Å². The molecule has 0 atom stereocenters. The number of ether oxygens (including phenoxy) is 1.